The van der Waals surface area contributed by atoms with Crippen LogP contribution in [-0.2, 0) is 24.4 Å². The smallest absolute Gasteiger partial charge is 0.273 e. The van der Waals surface area contributed by atoms with E-state index in [9.17, 15) is 4.79 Å². The number of hydrogen-bond acceptors (Lipinski definition) is 6. The van der Waals surface area contributed by atoms with Gasteiger partial charge in [0, 0.05) is 54.8 Å². The molecule has 36 heavy (non-hydrogen) atoms. The molecule has 0 unspecified atom stereocenters. The van der Waals surface area contributed by atoms with Crippen LogP contribution >= 0.6 is 11.6 Å². The SMILES string of the molecule is CCn1ncc(CN(C)C(=O)c2nc(-c3cc(Cl)c4cn[nH]c4c3)nc3ccc(COC)cc23)c1C. The predicted molar refractivity (Wildman–Crippen MR) is 139 cm³/mol. The number of halogens is 1. The zero-order valence-electron chi connectivity index (χ0n) is 20.5. The molecule has 0 radical (unpaired) electrons. The van der Waals surface area contributed by atoms with Crippen molar-refractivity contribution in [2.45, 2.75) is 33.5 Å². The lowest BCUT2D eigenvalue weighted by Gasteiger charge is -2.18. The van der Waals surface area contributed by atoms with Crippen molar-refractivity contribution in [3.63, 3.8) is 0 Å². The van der Waals surface area contributed by atoms with E-state index < -0.39 is 0 Å². The first-order valence-electron chi connectivity index (χ1n) is 11.6. The van der Waals surface area contributed by atoms with Crippen LogP contribution in [0.3, 0.4) is 0 Å². The fraction of sp³-hybridized carbons (Fsp3) is 0.269. The molecule has 5 rings (SSSR count). The Morgan fingerprint density at radius 1 is 1.17 bits per heavy atom. The molecule has 5 aromatic rings. The van der Waals surface area contributed by atoms with Gasteiger partial charge in [0.05, 0.1) is 35.1 Å². The van der Waals surface area contributed by atoms with Crippen LogP contribution in [0.5, 0.6) is 0 Å². The van der Waals surface area contributed by atoms with E-state index in [0.717, 1.165) is 34.3 Å². The zero-order valence-corrected chi connectivity index (χ0v) is 21.3. The summed E-state index contributed by atoms with van der Waals surface area (Å²) in [4.78, 5) is 25.0. The number of nitrogens with one attached hydrogen (secondary N) is 1. The molecule has 0 aliphatic carbocycles. The van der Waals surface area contributed by atoms with Gasteiger partial charge in [0.2, 0.25) is 0 Å². The molecular weight excluding hydrogens is 478 g/mol. The second kappa shape index (κ2) is 9.67. The zero-order chi connectivity index (χ0) is 25.4. The van der Waals surface area contributed by atoms with Gasteiger partial charge in [0.25, 0.3) is 5.91 Å². The number of aryl methyl sites for hydroxylation is 1. The van der Waals surface area contributed by atoms with E-state index in [-0.39, 0.29) is 5.91 Å². The Hall–Kier alpha value is -3.82. The number of methoxy groups -OCH3 is 1. The van der Waals surface area contributed by atoms with Gasteiger partial charge in [-0.25, -0.2) is 9.97 Å². The maximum atomic E-state index is 13.8. The molecule has 0 saturated carbocycles. The van der Waals surface area contributed by atoms with Crippen LogP contribution in [0.15, 0.2) is 42.7 Å². The fourth-order valence-corrected chi connectivity index (χ4v) is 4.60. The highest BCUT2D eigenvalue weighted by Crippen LogP contribution is 2.30. The van der Waals surface area contributed by atoms with Crippen LogP contribution in [0.4, 0.5) is 0 Å². The van der Waals surface area contributed by atoms with Crippen molar-refractivity contribution < 1.29 is 9.53 Å². The largest absolute Gasteiger partial charge is 0.380 e. The molecule has 0 aliphatic rings. The summed E-state index contributed by atoms with van der Waals surface area (Å²) in [6.07, 6.45) is 3.48. The Morgan fingerprint density at radius 3 is 2.75 bits per heavy atom. The number of H-pyrrole nitrogens is 1. The number of ether oxygens (including phenoxy) is 1. The van der Waals surface area contributed by atoms with Gasteiger partial charge in [0.15, 0.2) is 5.82 Å². The van der Waals surface area contributed by atoms with E-state index in [0.29, 0.717) is 46.2 Å². The first-order chi connectivity index (χ1) is 17.4. The standard InChI is InChI=1S/C26H26ClN7O2/c1-5-34-15(2)18(11-29-34)13-33(3)26(35)24-19-8-16(14-36-4)6-7-22(19)30-25(31-24)17-9-21(27)20-12-28-32-23(20)10-17/h6-12H,5,13-14H2,1-4H3,(H,28,32). The summed E-state index contributed by atoms with van der Waals surface area (Å²) in [5, 5.41) is 13.4. The van der Waals surface area contributed by atoms with E-state index >= 15 is 0 Å². The van der Waals surface area contributed by atoms with Gasteiger partial charge in [-0.2, -0.15) is 10.2 Å². The quantitative estimate of drug-likeness (QED) is 0.343. The van der Waals surface area contributed by atoms with Gasteiger partial charge < -0.3 is 9.64 Å². The molecule has 3 heterocycles. The van der Waals surface area contributed by atoms with Gasteiger partial charge in [-0.3, -0.25) is 14.6 Å². The first-order valence-corrected chi connectivity index (χ1v) is 12.0. The molecule has 2 aromatic carbocycles. The summed E-state index contributed by atoms with van der Waals surface area (Å²) < 4.78 is 7.21. The second-order valence-corrected chi connectivity index (χ2v) is 9.11. The number of carbonyl (C=O) groups is 1. The summed E-state index contributed by atoms with van der Waals surface area (Å²) in [6, 6.07) is 9.41. The third kappa shape index (κ3) is 4.31. The molecule has 1 amide bonds. The molecule has 0 spiro atoms. The summed E-state index contributed by atoms with van der Waals surface area (Å²) in [5.41, 5.74) is 5.39. The van der Waals surface area contributed by atoms with Crippen LogP contribution in [0.1, 0.15) is 34.2 Å². The van der Waals surface area contributed by atoms with Crippen molar-refractivity contribution in [3.05, 3.63) is 70.3 Å². The molecule has 184 valence electrons. The second-order valence-electron chi connectivity index (χ2n) is 8.70. The number of aromatic amines is 1. The monoisotopic (exact) mass is 503 g/mol. The van der Waals surface area contributed by atoms with Crippen LogP contribution in [0.2, 0.25) is 5.02 Å². The Bertz CT molecular complexity index is 1590. The van der Waals surface area contributed by atoms with Crippen molar-refractivity contribution in [2.75, 3.05) is 14.2 Å². The van der Waals surface area contributed by atoms with Gasteiger partial charge in [-0.15, -0.1) is 0 Å². The van der Waals surface area contributed by atoms with Crippen molar-refractivity contribution >= 4 is 39.3 Å². The minimum Gasteiger partial charge on any atom is -0.380 e. The first kappa shape index (κ1) is 23.9. The number of fused-ring (bicyclic) bond motifs is 2. The van der Waals surface area contributed by atoms with Crippen molar-refractivity contribution in [3.8, 4) is 11.4 Å². The Kier molecular flexibility index (Phi) is 6.42. The van der Waals surface area contributed by atoms with Gasteiger partial charge >= 0.3 is 0 Å². The maximum Gasteiger partial charge on any atom is 0.273 e. The molecular formula is C26H26ClN7O2. The van der Waals surface area contributed by atoms with Crippen molar-refractivity contribution in [1.29, 1.82) is 0 Å². The molecule has 0 saturated heterocycles. The van der Waals surface area contributed by atoms with E-state index in [4.69, 9.17) is 26.3 Å². The van der Waals surface area contributed by atoms with E-state index in [1.54, 1.807) is 31.3 Å². The third-order valence-corrected chi connectivity index (χ3v) is 6.61. The maximum absolute atomic E-state index is 13.8. The van der Waals surface area contributed by atoms with E-state index in [2.05, 4.69) is 15.3 Å². The third-order valence-electron chi connectivity index (χ3n) is 6.30. The highest BCUT2D eigenvalue weighted by Gasteiger charge is 2.22. The Balaban J connectivity index is 1.61. The number of hydrogen-bond donors (Lipinski definition) is 1. The number of amides is 1. The van der Waals surface area contributed by atoms with Gasteiger partial charge in [0.1, 0.15) is 5.69 Å². The molecule has 0 bridgehead atoms. The number of carbonyl (C=O) groups excluding carboxylic acids is 1. The average Bonchev–Trinajstić information content (AvgIpc) is 3.50. The number of benzene rings is 2. The fourth-order valence-electron chi connectivity index (χ4n) is 4.33. The van der Waals surface area contributed by atoms with Crippen molar-refractivity contribution in [2.24, 2.45) is 0 Å². The summed E-state index contributed by atoms with van der Waals surface area (Å²) in [5.74, 6) is 0.197. The van der Waals surface area contributed by atoms with E-state index in [1.807, 2.05) is 49.0 Å². The van der Waals surface area contributed by atoms with Gasteiger partial charge in [-0.05, 0) is 43.7 Å². The molecule has 10 heteroatoms. The van der Waals surface area contributed by atoms with Crippen LogP contribution in [0.25, 0.3) is 33.2 Å². The number of aromatic nitrogens is 6. The number of nitrogens with zero attached hydrogens (tertiary/aromatic N) is 6. The molecule has 0 atom stereocenters. The highest BCUT2D eigenvalue weighted by atomic mass is 35.5. The summed E-state index contributed by atoms with van der Waals surface area (Å²) >= 11 is 6.49. The highest BCUT2D eigenvalue weighted by molar-refractivity contribution is 6.35. The lowest BCUT2D eigenvalue weighted by molar-refractivity contribution is 0.0781. The van der Waals surface area contributed by atoms with E-state index in [1.165, 1.54) is 0 Å². The summed E-state index contributed by atoms with van der Waals surface area (Å²) in [7, 11) is 3.41. The minimum absolute atomic E-state index is 0.212. The van der Waals surface area contributed by atoms with Gasteiger partial charge in [-0.1, -0.05) is 17.7 Å². The molecule has 0 fully saturated rings. The van der Waals surface area contributed by atoms with Crippen molar-refractivity contribution in [1.82, 2.24) is 34.8 Å². The molecule has 1 N–H and O–H groups in total. The average molecular weight is 504 g/mol. The van der Waals surface area contributed by atoms with Crippen LogP contribution in [-0.4, -0.2) is 54.9 Å². The minimum atomic E-state index is -0.212. The number of rotatable bonds is 7. The van der Waals surface area contributed by atoms with Crippen LogP contribution in [0, 0.1) is 6.92 Å². The molecule has 9 nitrogen and oxygen atoms in total. The topological polar surface area (TPSA) is 102 Å². The Labute approximate surface area is 213 Å². The summed E-state index contributed by atoms with van der Waals surface area (Å²) in [6.45, 7) is 5.65. The Morgan fingerprint density at radius 2 is 2.00 bits per heavy atom. The normalized spacial score (nSPS) is 11.5. The lowest BCUT2D eigenvalue weighted by Crippen LogP contribution is -2.28. The lowest BCUT2D eigenvalue weighted by atomic mass is 10.1. The predicted octanol–water partition coefficient (Wildman–Crippen LogP) is 4.77. The molecule has 3 aromatic heterocycles. The van der Waals surface area contributed by atoms with Crippen LogP contribution < -0.4 is 0 Å². The molecule has 0 aliphatic heterocycles.